The van der Waals surface area contributed by atoms with Crippen molar-refractivity contribution in [3.8, 4) is 0 Å². The third kappa shape index (κ3) is 4.43. The quantitative estimate of drug-likeness (QED) is 0.665. The Morgan fingerprint density at radius 3 is 2.90 bits per heavy atom. The largest absolute Gasteiger partial charge is 0.336 e. The molecule has 3 amide bonds. The Morgan fingerprint density at radius 1 is 1.24 bits per heavy atom. The first-order valence-corrected chi connectivity index (χ1v) is 11.3. The van der Waals surface area contributed by atoms with Crippen molar-refractivity contribution in [3.05, 3.63) is 57.4 Å². The van der Waals surface area contributed by atoms with Gasteiger partial charge in [0.1, 0.15) is 0 Å². The van der Waals surface area contributed by atoms with Gasteiger partial charge in [-0.25, -0.2) is 0 Å². The lowest BCUT2D eigenvalue weighted by Gasteiger charge is -2.36. The monoisotopic (exact) mass is 427 g/mol. The van der Waals surface area contributed by atoms with E-state index in [4.69, 9.17) is 0 Å². The van der Waals surface area contributed by atoms with Gasteiger partial charge >= 0.3 is 0 Å². The molecule has 4 rings (SSSR count). The van der Waals surface area contributed by atoms with E-state index in [-0.39, 0.29) is 36.1 Å². The van der Waals surface area contributed by atoms with Crippen LogP contribution in [-0.2, 0) is 9.59 Å². The highest BCUT2D eigenvalue weighted by molar-refractivity contribution is 8.18. The molecular weight excluding hydrogens is 406 g/mol. The maximum Gasteiger partial charge on any atom is 0.293 e. The maximum absolute atomic E-state index is 12.9. The number of rotatable bonds is 5. The van der Waals surface area contributed by atoms with Crippen LogP contribution in [0.15, 0.2) is 46.9 Å². The Labute approximate surface area is 177 Å². The van der Waals surface area contributed by atoms with Crippen molar-refractivity contribution in [1.29, 1.82) is 0 Å². The fourth-order valence-electron chi connectivity index (χ4n) is 3.70. The molecule has 0 spiro atoms. The zero-order valence-electron chi connectivity index (χ0n) is 15.8. The summed E-state index contributed by atoms with van der Waals surface area (Å²) in [6.07, 6.45) is 8.35. The Hall–Kier alpha value is -2.45. The van der Waals surface area contributed by atoms with Crippen molar-refractivity contribution in [3.63, 3.8) is 0 Å². The van der Waals surface area contributed by atoms with E-state index in [2.05, 4.69) is 4.98 Å². The summed E-state index contributed by atoms with van der Waals surface area (Å²) in [7, 11) is 0. The Kier molecular flexibility index (Phi) is 6.10. The van der Waals surface area contributed by atoms with Crippen molar-refractivity contribution >= 4 is 46.2 Å². The van der Waals surface area contributed by atoms with Crippen LogP contribution >= 0.6 is 23.1 Å². The number of imide groups is 1. The topological polar surface area (TPSA) is 70.6 Å². The van der Waals surface area contributed by atoms with E-state index in [1.165, 1.54) is 16.2 Å². The van der Waals surface area contributed by atoms with Crippen LogP contribution in [0.3, 0.4) is 0 Å². The van der Waals surface area contributed by atoms with Crippen molar-refractivity contribution < 1.29 is 14.4 Å². The summed E-state index contributed by atoms with van der Waals surface area (Å²) < 4.78 is 0. The summed E-state index contributed by atoms with van der Waals surface area (Å²) in [5, 5.41) is 1.61. The summed E-state index contributed by atoms with van der Waals surface area (Å²) in [4.78, 5) is 46.4. The molecule has 0 N–H and O–H groups in total. The first-order chi connectivity index (χ1) is 14.1. The second kappa shape index (κ2) is 8.92. The van der Waals surface area contributed by atoms with E-state index in [0.717, 1.165) is 41.5 Å². The highest BCUT2D eigenvalue weighted by Crippen LogP contribution is 2.34. The molecule has 150 valence electrons. The van der Waals surface area contributed by atoms with Crippen LogP contribution in [0.1, 0.15) is 42.2 Å². The Bertz CT molecular complexity index is 928. The summed E-state index contributed by atoms with van der Waals surface area (Å²) in [6, 6.07) is 7.69. The first kappa shape index (κ1) is 19.8. The smallest absolute Gasteiger partial charge is 0.293 e. The van der Waals surface area contributed by atoms with E-state index >= 15 is 0 Å². The number of likely N-dealkylation sites (tertiary alicyclic amines) is 1. The molecule has 2 aliphatic rings. The maximum atomic E-state index is 12.9. The third-order valence-corrected chi connectivity index (χ3v) is 6.86. The number of hydrogen-bond acceptors (Lipinski definition) is 6. The molecular formula is C21H21N3O3S2. The molecule has 0 aromatic carbocycles. The van der Waals surface area contributed by atoms with Gasteiger partial charge in [0.15, 0.2) is 0 Å². The van der Waals surface area contributed by atoms with Gasteiger partial charge in [0.2, 0.25) is 5.91 Å². The summed E-state index contributed by atoms with van der Waals surface area (Å²) in [6.45, 7) is 0.806. The second-order valence-corrected chi connectivity index (χ2v) is 8.96. The van der Waals surface area contributed by atoms with E-state index in [1.54, 1.807) is 12.3 Å². The molecule has 6 nitrogen and oxygen atoms in total. The molecule has 8 heteroatoms. The molecule has 0 radical (unpaired) electrons. The zero-order chi connectivity index (χ0) is 20.2. The first-order valence-electron chi connectivity index (χ1n) is 9.62. The van der Waals surface area contributed by atoms with E-state index < -0.39 is 0 Å². The molecule has 4 heterocycles. The molecule has 1 atom stereocenters. The van der Waals surface area contributed by atoms with Crippen LogP contribution < -0.4 is 0 Å². The van der Waals surface area contributed by atoms with Gasteiger partial charge in [0, 0.05) is 36.8 Å². The number of thiophene rings is 1. The minimum absolute atomic E-state index is 0.0126. The predicted octanol–water partition coefficient (Wildman–Crippen LogP) is 4.32. The zero-order valence-corrected chi connectivity index (χ0v) is 17.5. The van der Waals surface area contributed by atoms with Gasteiger partial charge in [-0.3, -0.25) is 24.3 Å². The minimum Gasteiger partial charge on any atom is -0.336 e. The average molecular weight is 428 g/mol. The highest BCUT2D eigenvalue weighted by Gasteiger charge is 2.36. The fraction of sp³-hybridized carbons (Fsp3) is 0.333. The van der Waals surface area contributed by atoms with Gasteiger partial charge in [-0.2, -0.15) is 0 Å². The van der Waals surface area contributed by atoms with Gasteiger partial charge < -0.3 is 4.90 Å². The normalized spacial score (nSPS) is 21.2. The lowest BCUT2D eigenvalue weighted by atomic mass is 9.96. The summed E-state index contributed by atoms with van der Waals surface area (Å²) in [5.74, 6) is -0.344. The lowest BCUT2D eigenvalue weighted by molar-refractivity contribution is -0.135. The standard InChI is InChI=1S/C21H21N3O3S2/c25-19(23-10-2-1-7-17(23)15-5-3-9-22-14-15)8-11-24-20(26)18(29-21(24)27)13-16-6-4-12-28-16/h3-6,9,12-14,17H,1-2,7-8,10-11H2/b18-13-. The SMILES string of the molecule is O=C1S/C(=C\c2cccs2)C(=O)N1CCC(=O)N1CCCCC1c1cccnc1. The number of hydrogen-bond donors (Lipinski definition) is 0. The number of piperidine rings is 1. The van der Waals surface area contributed by atoms with Crippen LogP contribution in [0, 0.1) is 0 Å². The van der Waals surface area contributed by atoms with Crippen LogP contribution in [0.25, 0.3) is 6.08 Å². The van der Waals surface area contributed by atoms with Crippen molar-refractivity contribution in [1.82, 2.24) is 14.8 Å². The minimum atomic E-state index is -0.316. The summed E-state index contributed by atoms with van der Waals surface area (Å²) >= 11 is 2.45. The number of thioether (sulfide) groups is 1. The van der Waals surface area contributed by atoms with Gasteiger partial charge in [-0.05, 0) is 60.2 Å². The molecule has 2 saturated heterocycles. The third-order valence-electron chi connectivity index (χ3n) is 5.13. The number of nitrogens with zero attached hydrogens (tertiary/aromatic N) is 3. The van der Waals surface area contributed by atoms with Crippen LogP contribution in [-0.4, -0.2) is 44.9 Å². The molecule has 0 bridgehead atoms. The summed E-state index contributed by atoms with van der Waals surface area (Å²) in [5.41, 5.74) is 1.03. The number of amides is 3. The van der Waals surface area contributed by atoms with Crippen molar-refractivity contribution in [2.75, 3.05) is 13.1 Å². The van der Waals surface area contributed by atoms with Gasteiger partial charge in [-0.15, -0.1) is 11.3 Å². The Morgan fingerprint density at radius 2 is 2.14 bits per heavy atom. The lowest BCUT2D eigenvalue weighted by Crippen LogP contribution is -2.40. The molecule has 2 aliphatic heterocycles. The van der Waals surface area contributed by atoms with E-state index in [9.17, 15) is 14.4 Å². The second-order valence-electron chi connectivity index (χ2n) is 6.98. The molecule has 0 aliphatic carbocycles. The predicted molar refractivity (Wildman–Crippen MR) is 114 cm³/mol. The number of carbonyl (C=O) groups is 3. The van der Waals surface area contributed by atoms with Crippen molar-refractivity contribution in [2.45, 2.75) is 31.7 Å². The van der Waals surface area contributed by atoms with Crippen molar-refractivity contribution in [2.24, 2.45) is 0 Å². The van der Waals surface area contributed by atoms with Crippen LogP contribution in [0.5, 0.6) is 0 Å². The average Bonchev–Trinajstić information content (AvgIpc) is 3.35. The van der Waals surface area contributed by atoms with E-state index in [0.29, 0.717) is 11.4 Å². The Balaban J connectivity index is 1.41. The number of aromatic nitrogens is 1. The molecule has 0 saturated carbocycles. The van der Waals surface area contributed by atoms with Gasteiger partial charge in [-0.1, -0.05) is 12.1 Å². The van der Waals surface area contributed by atoms with Gasteiger partial charge in [0.25, 0.3) is 11.1 Å². The fourth-order valence-corrected chi connectivity index (χ4v) is 5.28. The highest BCUT2D eigenvalue weighted by atomic mass is 32.2. The van der Waals surface area contributed by atoms with Crippen LogP contribution in [0.2, 0.25) is 0 Å². The van der Waals surface area contributed by atoms with Crippen LogP contribution in [0.4, 0.5) is 4.79 Å². The number of pyridine rings is 1. The molecule has 2 aromatic heterocycles. The van der Waals surface area contributed by atoms with Gasteiger partial charge in [0.05, 0.1) is 10.9 Å². The molecule has 2 aromatic rings. The van der Waals surface area contributed by atoms with E-state index in [1.807, 2.05) is 40.7 Å². The molecule has 29 heavy (non-hydrogen) atoms. The molecule has 1 unspecified atom stereocenters. The molecule has 2 fully saturated rings. The number of carbonyl (C=O) groups excluding carboxylic acids is 3.